The summed E-state index contributed by atoms with van der Waals surface area (Å²) in [5.74, 6) is 0.828. The molecule has 0 bridgehead atoms. The highest BCUT2D eigenvalue weighted by Crippen LogP contribution is 2.27. The van der Waals surface area contributed by atoms with Crippen LogP contribution in [0.2, 0.25) is 10.0 Å². The molecule has 2 aromatic carbocycles. The van der Waals surface area contributed by atoms with Gasteiger partial charge in [0.1, 0.15) is 0 Å². The maximum Gasteiger partial charge on any atom is 0.234 e. The van der Waals surface area contributed by atoms with Gasteiger partial charge in [-0.3, -0.25) is 4.79 Å². The molecule has 1 heterocycles. The van der Waals surface area contributed by atoms with E-state index in [-0.39, 0.29) is 11.7 Å². The number of carbonyl (C=O) groups excluding carboxylic acids is 1. The van der Waals surface area contributed by atoms with E-state index in [4.69, 9.17) is 23.2 Å². The van der Waals surface area contributed by atoms with Crippen molar-refractivity contribution < 1.29 is 4.79 Å². The third-order valence-corrected chi connectivity index (χ3v) is 5.90. The van der Waals surface area contributed by atoms with Gasteiger partial charge in [0.15, 0.2) is 11.0 Å². The van der Waals surface area contributed by atoms with Gasteiger partial charge in [0.25, 0.3) is 0 Å². The molecular formula is C20H21Cl2N5OS. The Kier molecular flexibility index (Phi) is 7.05. The topological polar surface area (TPSA) is 63.1 Å². The monoisotopic (exact) mass is 449 g/mol. The van der Waals surface area contributed by atoms with Gasteiger partial charge in [-0.05, 0) is 37.3 Å². The van der Waals surface area contributed by atoms with Gasteiger partial charge < -0.3 is 14.8 Å². The molecule has 0 saturated heterocycles. The summed E-state index contributed by atoms with van der Waals surface area (Å²) >= 11 is 13.2. The Morgan fingerprint density at radius 3 is 2.62 bits per heavy atom. The molecule has 0 atom stereocenters. The van der Waals surface area contributed by atoms with Crippen LogP contribution in [0.4, 0.5) is 11.4 Å². The Morgan fingerprint density at radius 2 is 1.93 bits per heavy atom. The lowest BCUT2D eigenvalue weighted by Crippen LogP contribution is -2.14. The number of aromatic nitrogens is 3. The van der Waals surface area contributed by atoms with E-state index in [2.05, 4.69) is 21.6 Å². The van der Waals surface area contributed by atoms with Crippen LogP contribution in [-0.2, 0) is 11.3 Å². The van der Waals surface area contributed by atoms with E-state index in [1.807, 2.05) is 48.7 Å². The van der Waals surface area contributed by atoms with Gasteiger partial charge in [0.05, 0.1) is 15.8 Å². The van der Waals surface area contributed by atoms with Gasteiger partial charge in [-0.2, -0.15) is 0 Å². The van der Waals surface area contributed by atoms with Crippen LogP contribution in [0.5, 0.6) is 0 Å². The quantitative estimate of drug-likeness (QED) is 0.510. The van der Waals surface area contributed by atoms with E-state index in [1.54, 1.807) is 18.2 Å². The minimum Gasteiger partial charge on any atom is -0.378 e. The lowest BCUT2D eigenvalue weighted by Gasteiger charge is -2.14. The van der Waals surface area contributed by atoms with E-state index in [0.29, 0.717) is 27.4 Å². The predicted octanol–water partition coefficient (Wildman–Crippen LogP) is 5.07. The first kappa shape index (κ1) is 21.5. The zero-order valence-electron chi connectivity index (χ0n) is 16.3. The molecule has 0 radical (unpaired) electrons. The Bertz CT molecular complexity index is 1020. The molecule has 29 heavy (non-hydrogen) atoms. The van der Waals surface area contributed by atoms with Crippen LogP contribution in [0.1, 0.15) is 6.92 Å². The SMILES string of the molecule is CCn1c(SCC(=O)Nc2ccc(Cl)c(Cl)c2)nnc1-c1cccc(N(C)C)c1. The smallest absolute Gasteiger partial charge is 0.234 e. The number of hydrogen-bond donors (Lipinski definition) is 1. The molecule has 0 unspecified atom stereocenters. The number of anilines is 2. The molecule has 0 aliphatic carbocycles. The Hall–Kier alpha value is -2.22. The average molecular weight is 450 g/mol. The first-order valence-electron chi connectivity index (χ1n) is 8.97. The van der Waals surface area contributed by atoms with Crippen LogP contribution in [0.15, 0.2) is 47.6 Å². The highest BCUT2D eigenvalue weighted by molar-refractivity contribution is 7.99. The zero-order chi connectivity index (χ0) is 21.0. The van der Waals surface area contributed by atoms with E-state index in [0.717, 1.165) is 17.1 Å². The molecule has 3 aromatic rings. The van der Waals surface area contributed by atoms with Crippen molar-refractivity contribution in [3.63, 3.8) is 0 Å². The molecule has 6 nitrogen and oxygen atoms in total. The summed E-state index contributed by atoms with van der Waals surface area (Å²) in [6, 6.07) is 13.1. The van der Waals surface area contributed by atoms with Crippen LogP contribution >= 0.6 is 35.0 Å². The number of benzene rings is 2. The number of thioether (sulfide) groups is 1. The van der Waals surface area contributed by atoms with Crippen molar-refractivity contribution in [1.82, 2.24) is 14.8 Å². The Morgan fingerprint density at radius 1 is 1.14 bits per heavy atom. The van der Waals surface area contributed by atoms with Crippen LogP contribution in [0.25, 0.3) is 11.4 Å². The van der Waals surface area contributed by atoms with Crippen molar-refractivity contribution in [2.45, 2.75) is 18.6 Å². The van der Waals surface area contributed by atoms with Crippen molar-refractivity contribution >= 4 is 52.2 Å². The summed E-state index contributed by atoms with van der Waals surface area (Å²) in [7, 11) is 3.99. The summed E-state index contributed by atoms with van der Waals surface area (Å²) in [4.78, 5) is 14.3. The molecule has 0 aliphatic rings. The van der Waals surface area contributed by atoms with Crippen molar-refractivity contribution in [1.29, 1.82) is 0 Å². The minimum atomic E-state index is -0.157. The van der Waals surface area contributed by atoms with Gasteiger partial charge in [0.2, 0.25) is 5.91 Å². The van der Waals surface area contributed by atoms with E-state index >= 15 is 0 Å². The van der Waals surface area contributed by atoms with Crippen molar-refractivity contribution in [3.05, 3.63) is 52.5 Å². The normalized spacial score (nSPS) is 10.8. The first-order valence-corrected chi connectivity index (χ1v) is 10.7. The lowest BCUT2D eigenvalue weighted by atomic mass is 10.2. The molecule has 3 rings (SSSR count). The molecule has 152 valence electrons. The van der Waals surface area contributed by atoms with Crippen LogP contribution in [-0.4, -0.2) is 40.5 Å². The highest BCUT2D eigenvalue weighted by Gasteiger charge is 2.15. The van der Waals surface area contributed by atoms with Gasteiger partial charge in [-0.15, -0.1) is 10.2 Å². The molecular weight excluding hydrogens is 429 g/mol. The second kappa shape index (κ2) is 9.52. The third-order valence-electron chi connectivity index (χ3n) is 4.19. The van der Waals surface area contributed by atoms with Crippen LogP contribution in [0, 0.1) is 0 Å². The largest absolute Gasteiger partial charge is 0.378 e. The van der Waals surface area contributed by atoms with E-state index in [1.165, 1.54) is 11.8 Å². The number of halogens is 2. The minimum absolute atomic E-state index is 0.157. The van der Waals surface area contributed by atoms with Crippen molar-refractivity contribution in [2.24, 2.45) is 0 Å². The molecule has 1 aromatic heterocycles. The van der Waals surface area contributed by atoms with Gasteiger partial charge >= 0.3 is 0 Å². The number of nitrogens with one attached hydrogen (secondary N) is 1. The van der Waals surface area contributed by atoms with Gasteiger partial charge in [0, 0.05) is 37.6 Å². The molecule has 0 spiro atoms. The summed E-state index contributed by atoms with van der Waals surface area (Å²) < 4.78 is 2.01. The number of rotatable bonds is 7. The third kappa shape index (κ3) is 5.23. The van der Waals surface area contributed by atoms with Crippen molar-refractivity contribution in [3.8, 4) is 11.4 Å². The second-order valence-corrected chi connectivity index (χ2v) is 8.22. The molecule has 1 N–H and O–H groups in total. The maximum atomic E-state index is 12.3. The fourth-order valence-electron chi connectivity index (χ4n) is 2.72. The number of hydrogen-bond acceptors (Lipinski definition) is 5. The van der Waals surface area contributed by atoms with Gasteiger partial charge in [-0.1, -0.05) is 47.1 Å². The number of nitrogens with zero attached hydrogens (tertiary/aromatic N) is 4. The number of carbonyl (C=O) groups is 1. The van der Waals surface area contributed by atoms with E-state index in [9.17, 15) is 4.79 Å². The van der Waals surface area contributed by atoms with Crippen LogP contribution < -0.4 is 10.2 Å². The number of amides is 1. The fourth-order valence-corrected chi connectivity index (χ4v) is 3.82. The zero-order valence-corrected chi connectivity index (χ0v) is 18.6. The molecule has 0 fully saturated rings. The second-order valence-electron chi connectivity index (χ2n) is 6.46. The molecule has 0 aliphatic heterocycles. The predicted molar refractivity (Wildman–Crippen MR) is 121 cm³/mol. The van der Waals surface area contributed by atoms with Crippen LogP contribution in [0.3, 0.4) is 0 Å². The Balaban J connectivity index is 1.71. The molecule has 1 amide bonds. The van der Waals surface area contributed by atoms with Gasteiger partial charge in [-0.25, -0.2) is 0 Å². The summed E-state index contributed by atoms with van der Waals surface area (Å²) in [5.41, 5.74) is 2.67. The average Bonchev–Trinajstić information content (AvgIpc) is 3.12. The lowest BCUT2D eigenvalue weighted by molar-refractivity contribution is -0.113. The highest BCUT2D eigenvalue weighted by atomic mass is 35.5. The first-order chi connectivity index (χ1) is 13.9. The molecule has 9 heteroatoms. The Labute approximate surface area is 184 Å². The summed E-state index contributed by atoms with van der Waals surface area (Å²) in [5, 5.41) is 13.0. The standard InChI is InChI=1S/C20H21Cl2N5OS/c1-4-27-19(13-6-5-7-15(10-13)26(2)3)24-25-20(27)29-12-18(28)23-14-8-9-16(21)17(22)11-14/h5-11H,4,12H2,1-3H3,(H,23,28). The maximum absolute atomic E-state index is 12.3. The summed E-state index contributed by atoms with van der Waals surface area (Å²) in [6.07, 6.45) is 0. The fraction of sp³-hybridized carbons (Fsp3) is 0.250. The summed E-state index contributed by atoms with van der Waals surface area (Å²) in [6.45, 7) is 2.73. The molecule has 0 saturated carbocycles. The van der Waals surface area contributed by atoms with Crippen molar-refractivity contribution in [2.75, 3.05) is 30.1 Å². The van der Waals surface area contributed by atoms with E-state index < -0.39 is 0 Å².